The minimum absolute atomic E-state index is 0.0434. The van der Waals surface area contributed by atoms with Crippen LogP contribution in [-0.2, 0) is 13.1 Å². The average molecular weight is 256 g/mol. The molecule has 0 unspecified atom stereocenters. The smallest absolute Gasteiger partial charge is 0.145 e. The van der Waals surface area contributed by atoms with E-state index in [0.717, 1.165) is 5.56 Å². The van der Waals surface area contributed by atoms with Gasteiger partial charge in [-0.25, -0.2) is 4.39 Å². The lowest BCUT2D eigenvalue weighted by atomic mass is 10.1. The molecule has 4 heteroatoms. The van der Waals surface area contributed by atoms with Crippen LogP contribution in [0, 0.1) is 17.1 Å². The molecule has 0 spiro atoms. The van der Waals surface area contributed by atoms with Gasteiger partial charge in [0.1, 0.15) is 17.6 Å². The Bertz CT molecular complexity index is 620. The van der Waals surface area contributed by atoms with Crippen LogP contribution in [0.3, 0.4) is 0 Å². The molecule has 0 saturated carbocycles. The third kappa shape index (κ3) is 3.09. The molecule has 0 aliphatic heterocycles. The lowest BCUT2D eigenvalue weighted by Gasteiger charge is -2.08. The number of halogens is 1. The van der Waals surface area contributed by atoms with E-state index in [1.807, 2.05) is 12.1 Å². The van der Waals surface area contributed by atoms with Gasteiger partial charge in [0.05, 0.1) is 5.56 Å². The van der Waals surface area contributed by atoms with Gasteiger partial charge < -0.3 is 10.4 Å². The summed E-state index contributed by atoms with van der Waals surface area (Å²) >= 11 is 0. The minimum Gasteiger partial charge on any atom is -0.508 e. The van der Waals surface area contributed by atoms with Crippen molar-refractivity contribution < 1.29 is 9.50 Å². The largest absolute Gasteiger partial charge is 0.508 e. The molecule has 96 valence electrons. The Balaban J connectivity index is 2.01. The predicted octanol–water partition coefficient (Wildman–Crippen LogP) is 2.69. The molecule has 0 aliphatic carbocycles. The van der Waals surface area contributed by atoms with Crippen LogP contribution in [0.2, 0.25) is 0 Å². The van der Waals surface area contributed by atoms with Gasteiger partial charge in [-0.2, -0.15) is 5.26 Å². The number of aromatic hydroxyl groups is 1. The van der Waals surface area contributed by atoms with Gasteiger partial charge in [-0.1, -0.05) is 30.3 Å². The summed E-state index contributed by atoms with van der Waals surface area (Å²) in [6.45, 7) is 0.735. The van der Waals surface area contributed by atoms with E-state index in [4.69, 9.17) is 5.26 Å². The number of nitrogens with zero attached hydrogens (tertiary/aromatic N) is 1. The van der Waals surface area contributed by atoms with Gasteiger partial charge in [0.2, 0.25) is 0 Å². The summed E-state index contributed by atoms with van der Waals surface area (Å²) in [5, 5.41) is 21.4. The topological polar surface area (TPSA) is 56.0 Å². The van der Waals surface area contributed by atoms with Crippen LogP contribution in [0.25, 0.3) is 0 Å². The second-order valence-corrected chi connectivity index (χ2v) is 4.12. The van der Waals surface area contributed by atoms with Crippen molar-refractivity contribution in [3.8, 4) is 11.8 Å². The summed E-state index contributed by atoms with van der Waals surface area (Å²) in [4.78, 5) is 0. The normalized spacial score (nSPS) is 10.1. The van der Waals surface area contributed by atoms with E-state index in [1.165, 1.54) is 6.07 Å². The maximum Gasteiger partial charge on any atom is 0.145 e. The molecule has 19 heavy (non-hydrogen) atoms. The Labute approximate surface area is 110 Å². The molecule has 0 fully saturated rings. The van der Waals surface area contributed by atoms with Gasteiger partial charge in [0.15, 0.2) is 0 Å². The Morgan fingerprint density at radius 1 is 1.05 bits per heavy atom. The van der Waals surface area contributed by atoms with E-state index in [9.17, 15) is 9.50 Å². The number of nitrogens with one attached hydrogen (secondary N) is 1. The third-order valence-electron chi connectivity index (χ3n) is 2.82. The number of hydrogen-bond donors (Lipinski definition) is 2. The first-order valence-electron chi connectivity index (χ1n) is 5.87. The summed E-state index contributed by atoms with van der Waals surface area (Å²) in [6.07, 6.45) is 0. The third-order valence-corrected chi connectivity index (χ3v) is 2.82. The first kappa shape index (κ1) is 13.1. The number of hydrogen-bond acceptors (Lipinski definition) is 3. The molecule has 0 aliphatic rings. The molecule has 0 radical (unpaired) electrons. The highest BCUT2D eigenvalue weighted by atomic mass is 19.1. The minimum atomic E-state index is -0.491. The number of benzene rings is 2. The van der Waals surface area contributed by atoms with E-state index < -0.39 is 5.82 Å². The van der Waals surface area contributed by atoms with Crippen LogP contribution >= 0.6 is 0 Å². The summed E-state index contributed by atoms with van der Waals surface area (Å²) < 4.78 is 13.8. The zero-order valence-corrected chi connectivity index (χ0v) is 10.2. The first-order chi connectivity index (χ1) is 9.22. The molecule has 0 saturated heterocycles. The monoisotopic (exact) mass is 256 g/mol. The highest BCUT2D eigenvalue weighted by Gasteiger charge is 2.07. The van der Waals surface area contributed by atoms with Crippen molar-refractivity contribution in [2.75, 3.05) is 0 Å². The van der Waals surface area contributed by atoms with Crippen molar-refractivity contribution in [2.24, 2.45) is 0 Å². The van der Waals surface area contributed by atoms with Crippen LogP contribution in [0.4, 0.5) is 4.39 Å². The van der Waals surface area contributed by atoms with E-state index in [1.54, 1.807) is 30.3 Å². The Kier molecular flexibility index (Phi) is 4.11. The van der Waals surface area contributed by atoms with Gasteiger partial charge in [0, 0.05) is 24.2 Å². The zero-order valence-electron chi connectivity index (χ0n) is 10.2. The molecule has 3 nitrogen and oxygen atoms in total. The molecule has 2 aromatic rings. The van der Waals surface area contributed by atoms with Crippen molar-refractivity contribution in [3.05, 3.63) is 65.0 Å². The molecule has 2 aromatic carbocycles. The van der Waals surface area contributed by atoms with Crippen LogP contribution in [0.5, 0.6) is 5.75 Å². The maximum atomic E-state index is 13.8. The highest BCUT2D eigenvalue weighted by Crippen LogP contribution is 2.16. The maximum absolute atomic E-state index is 13.8. The van der Waals surface area contributed by atoms with Crippen LogP contribution < -0.4 is 5.32 Å². The van der Waals surface area contributed by atoms with E-state index >= 15 is 0 Å². The van der Waals surface area contributed by atoms with Crippen molar-refractivity contribution in [3.63, 3.8) is 0 Å². The van der Waals surface area contributed by atoms with Crippen molar-refractivity contribution in [1.82, 2.24) is 5.32 Å². The second kappa shape index (κ2) is 5.98. The van der Waals surface area contributed by atoms with Gasteiger partial charge in [-0.3, -0.25) is 0 Å². The Hall–Kier alpha value is -2.38. The Morgan fingerprint density at radius 3 is 2.47 bits per heavy atom. The molecule has 0 amide bonds. The SMILES string of the molecule is N#Cc1cccc(CNCc2ccccc2O)c1F. The quantitative estimate of drug-likeness (QED) is 0.884. The summed E-state index contributed by atoms with van der Waals surface area (Å²) in [5.74, 6) is -0.281. The lowest BCUT2D eigenvalue weighted by molar-refractivity contribution is 0.464. The molecule has 0 aromatic heterocycles. The fraction of sp³-hybridized carbons (Fsp3) is 0.133. The number of rotatable bonds is 4. The lowest BCUT2D eigenvalue weighted by Crippen LogP contribution is -2.14. The Morgan fingerprint density at radius 2 is 1.74 bits per heavy atom. The zero-order chi connectivity index (χ0) is 13.7. The van der Waals surface area contributed by atoms with Crippen LogP contribution in [0.15, 0.2) is 42.5 Å². The molecular weight excluding hydrogens is 243 g/mol. The molecule has 2 N–H and O–H groups in total. The van der Waals surface area contributed by atoms with Crippen LogP contribution in [0.1, 0.15) is 16.7 Å². The standard InChI is InChI=1S/C15H13FN2O/c16-15-11(8-17)5-3-6-13(15)10-18-9-12-4-1-2-7-14(12)19/h1-7,18-19H,9-10H2. The average Bonchev–Trinajstić information content (AvgIpc) is 2.43. The first-order valence-corrected chi connectivity index (χ1v) is 5.87. The van der Waals surface area contributed by atoms with Crippen molar-refractivity contribution in [2.45, 2.75) is 13.1 Å². The number of para-hydroxylation sites is 1. The van der Waals surface area contributed by atoms with Crippen molar-refractivity contribution >= 4 is 0 Å². The molecule has 0 heterocycles. The molecule has 0 bridgehead atoms. The number of phenols is 1. The second-order valence-electron chi connectivity index (χ2n) is 4.12. The van der Waals surface area contributed by atoms with Crippen LogP contribution in [-0.4, -0.2) is 5.11 Å². The fourth-order valence-corrected chi connectivity index (χ4v) is 1.79. The number of nitriles is 1. The van der Waals surface area contributed by atoms with Gasteiger partial charge in [-0.05, 0) is 12.1 Å². The van der Waals surface area contributed by atoms with Crippen molar-refractivity contribution in [1.29, 1.82) is 5.26 Å². The highest BCUT2D eigenvalue weighted by molar-refractivity contribution is 5.35. The summed E-state index contributed by atoms with van der Waals surface area (Å²) in [7, 11) is 0. The fourth-order valence-electron chi connectivity index (χ4n) is 1.79. The summed E-state index contributed by atoms with van der Waals surface area (Å²) in [5.41, 5.74) is 1.23. The van der Waals surface area contributed by atoms with E-state index in [-0.39, 0.29) is 11.3 Å². The molecular formula is C15H13FN2O. The summed E-state index contributed by atoms with van der Waals surface area (Å²) in [6, 6.07) is 13.5. The van der Waals surface area contributed by atoms with E-state index in [2.05, 4.69) is 5.32 Å². The van der Waals surface area contributed by atoms with E-state index in [0.29, 0.717) is 18.7 Å². The van der Waals surface area contributed by atoms with Gasteiger partial charge in [-0.15, -0.1) is 0 Å². The van der Waals surface area contributed by atoms with Gasteiger partial charge in [0.25, 0.3) is 0 Å². The molecule has 2 rings (SSSR count). The predicted molar refractivity (Wildman–Crippen MR) is 69.8 cm³/mol. The molecule has 0 atom stereocenters. The van der Waals surface area contributed by atoms with Gasteiger partial charge >= 0.3 is 0 Å². The number of phenolic OH excluding ortho intramolecular Hbond substituents is 1.